The molecule has 0 atom stereocenters. The van der Waals surface area contributed by atoms with Crippen LogP contribution in [-0.2, 0) is 13.0 Å². The Kier molecular flexibility index (Phi) is 3.84. The first kappa shape index (κ1) is 13.9. The predicted molar refractivity (Wildman–Crippen MR) is 82.3 cm³/mol. The van der Waals surface area contributed by atoms with Crippen LogP contribution in [0.2, 0.25) is 0 Å². The number of nitrogens with zero attached hydrogens (tertiary/aromatic N) is 1. The summed E-state index contributed by atoms with van der Waals surface area (Å²) in [6.45, 7) is 1.41. The Morgan fingerprint density at radius 1 is 1.24 bits per heavy atom. The van der Waals surface area contributed by atoms with Crippen LogP contribution in [0, 0.1) is 0 Å². The highest BCUT2D eigenvalue weighted by Gasteiger charge is 2.25. The van der Waals surface area contributed by atoms with E-state index in [1.54, 1.807) is 37.7 Å². The van der Waals surface area contributed by atoms with Crippen molar-refractivity contribution in [1.29, 1.82) is 0 Å². The summed E-state index contributed by atoms with van der Waals surface area (Å²) in [6.07, 6.45) is 0.922. The lowest BCUT2D eigenvalue weighted by molar-refractivity contribution is 0.0732. The molecule has 1 aliphatic rings. The number of thiophene rings is 1. The quantitative estimate of drug-likeness (QED) is 0.875. The number of amides is 1. The van der Waals surface area contributed by atoms with Crippen LogP contribution < -0.4 is 9.47 Å². The van der Waals surface area contributed by atoms with Gasteiger partial charge in [-0.25, -0.2) is 0 Å². The van der Waals surface area contributed by atoms with Gasteiger partial charge in [0.1, 0.15) is 0 Å². The van der Waals surface area contributed by atoms with Crippen molar-refractivity contribution in [2.24, 2.45) is 0 Å². The summed E-state index contributed by atoms with van der Waals surface area (Å²) in [5, 5.41) is 2.09. The van der Waals surface area contributed by atoms with Crippen LogP contribution in [0.4, 0.5) is 0 Å². The SMILES string of the molecule is COc1cccc(C(=O)N2CCc3sccc3C2)c1OC. The van der Waals surface area contributed by atoms with Gasteiger partial charge in [-0.05, 0) is 35.6 Å². The zero-order valence-corrected chi connectivity index (χ0v) is 12.9. The molecule has 0 saturated heterocycles. The number of benzene rings is 1. The summed E-state index contributed by atoms with van der Waals surface area (Å²) in [7, 11) is 3.13. The molecule has 0 radical (unpaired) electrons. The van der Waals surface area contributed by atoms with Crippen molar-refractivity contribution in [2.45, 2.75) is 13.0 Å². The Bertz CT molecular complexity index is 665. The van der Waals surface area contributed by atoms with Crippen LogP contribution in [0.3, 0.4) is 0 Å². The third-order valence-corrected chi connectivity index (χ3v) is 4.75. The molecule has 0 unspecified atom stereocenters. The van der Waals surface area contributed by atoms with Crippen LogP contribution in [0.5, 0.6) is 11.5 Å². The normalized spacial score (nSPS) is 13.7. The first-order chi connectivity index (χ1) is 10.2. The summed E-state index contributed by atoms with van der Waals surface area (Å²) >= 11 is 1.77. The first-order valence-corrected chi connectivity index (χ1v) is 7.68. The molecule has 3 rings (SSSR count). The number of hydrogen-bond acceptors (Lipinski definition) is 4. The highest BCUT2D eigenvalue weighted by molar-refractivity contribution is 7.10. The van der Waals surface area contributed by atoms with E-state index in [1.807, 2.05) is 11.0 Å². The molecule has 2 heterocycles. The Labute approximate surface area is 127 Å². The maximum atomic E-state index is 12.8. The molecule has 5 heteroatoms. The maximum Gasteiger partial charge on any atom is 0.258 e. The van der Waals surface area contributed by atoms with Gasteiger partial charge in [0, 0.05) is 18.0 Å². The summed E-state index contributed by atoms with van der Waals surface area (Å²) in [4.78, 5) is 16.0. The number of ether oxygens (including phenoxy) is 2. The second-order valence-electron chi connectivity index (χ2n) is 4.89. The summed E-state index contributed by atoms with van der Waals surface area (Å²) in [5.41, 5.74) is 1.80. The molecule has 1 amide bonds. The lowest BCUT2D eigenvalue weighted by Gasteiger charge is -2.27. The van der Waals surface area contributed by atoms with E-state index in [1.165, 1.54) is 10.4 Å². The Morgan fingerprint density at radius 3 is 2.86 bits per heavy atom. The van der Waals surface area contributed by atoms with E-state index in [0.29, 0.717) is 23.6 Å². The summed E-state index contributed by atoms with van der Waals surface area (Å²) < 4.78 is 10.6. The third kappa shape index (κ3) is 2.49. The largest absolute Gasteiger partial charge is 0.493 e. The van der Waals surface area contributed by atoms with Crippen molar-refractivity contribution < 1.29 is 14.3 Å². The van der Waals surface area contributed by atoms with Gasteiger partial charge in [-0.2, -0.15) is 0 Å². The van der Waals surface area contributed by atoms with E-state index in [9.17, 15) is 4.79 Å². The summed E-state index contributed by atoms with van der Waals surface area (Å²) in [5.74, 6) is 1.07. The van der Waals surface area contributed by atoms with Crippen molar-refractivity contribution in [3.63, 3.8) is 0 Å². The van der Waals surface area contributed by atoms with Gasteiger partial charge < -0.3 is 14.4 Å². The van der Waals surface area contributed by atoms with Crippen LogP contribution in [-0.4, -0.2) is 31.6 Å². The number of rotatable bonds is 3. The standard InChI is InChI=1S/C16H17NO3S/c1-19-13-5-3-4-12(15(13)20-2)16(18)17-8-6-14-11(10-17)7-9-21-14/h3-5,7,9H,6,8,10H2,1-2H3. The van der Waals surface area contributed by atoms with Gasteiger partial charge >= 0.3 is 0 Å². The maximum absolute atomic E-state index is 12.8. The molecule has 0 saturated carbocycles. The van der Waals surface area contributed by atoms with Gasteiger partial charge in [0.15, 0.2) is 11.5 Å². The minimum atomic E-state index is -0.0115. The molecule has 0 spiro atoms. The summed E-state index contributed by atoms with van der Waals surface area (Å²) in [6, 6.07) is 7.49. The molecule has 110 valence electrons. The molecule has 21 heavy (non-hydrogen) atoms. The monoisotopic (exact) mass is 303 g/mol. The molecular weight excluding hydrogens is 286 g/mol. The Balaban J connectivity index is 1.90. The number of carbonyl (C=O) groups excluding carboxylic acids is 1. The van der Waals surface area contributed by atoms with Gasteiger partial charge in [-0.15, -0.1) is 11.3 Å². The van der Waals surface area contributed by atoms with Crippen LogP contribution >= 0.6 is 11.3 Å². The fourth-order valence-electron chi connectivity index (χ4n) is 2.65. The van der Waals surface area contributed by atoms with E-state index in [0.717, 1.165) is 13.0 Å². The minimum absolute atomic E-state index is 0.0115. The highest BCUT2D eigenvalue weighted by atomic mass is 32.1. The molecule has 2 aromatic rings. The van der Waals surface area contributed by atoms with Crippen LogP contribution in [0.1, 0.15) is 20.8 Å². The van der Waals surface area contributed by atoms with Gasteiger partial charge in [-0.3, -0.25) is 4.79 Å². The molecular formula is C16H17NO3S. The Morgan fingerprint density at radius 2 is 2.10 bits per heavy atom. The van der Waals surface area contributed by atoms with E-state index < -0.39 is 0 Å². The van der Waals surface area contributed by atoms with Gasteiger partial charge in [-0.1, -0.05) is 6.07 Å². The van der Waals surface area contributed by atoms with Crippen LogP contribution in [0.25, 0.3) is 0 Å². The van der Waals surface area contributed by atoms with Gasteiger partial charge in [0.25, 0.3) is 5.91 Å². The van der Waals surface area contributed by atoms with Crippen molar-refractivity contribution >= 4 is 17.2 Å². The third-order valence-electron chi connectivity index (χ3n) is 3.73. The first-order valence-electron chi connectivity index (χ1n) is 6.80. The Hall–Kier alpha value is -2.01. The molecule has 0 fully saturated rings. The molecule has 1 aromatic heterocycles. The highest BCUT2D eigenvalue weighted by Crippen LogP contribution is 2.33. The molecule has 0 aliphatic carbocycles. The predicted octanol–water partition coefficient (Wildman–Crippen LogP) is 2.96. The van der Waals surface area contributed by atoms with Crippen molar-refractivity contribution in [3.05, 3.63) is 45.6 Å². The lowest BCUT2D eigenvalue weighted by atomic mass is 10.1. The molecule has 4 nitrogen and oxygen atoms in total. The van der Waals surface area contributed by atoms with E-state index in [-0.39, 0.29) is 5.91 Å². The van der Waals surface area contributed by atoms with E-state index in [4.69, 9.17) is 9.47 Å². The number of para-hydroxylation sites is 1. The van der Waals surface area contributed by atoms with Crippen molar-refractivity contribution in [2.75, 3.05) is 20.8 Å². The lowest BCUT2D eigenvalue weighted by Crippen LogP contribution is -2.35. The second kappa shape index (κ2) is 5.77. The van der Waals surface area contributed by atoms with Crippen molar-refractivity contribution in [3.8, 4) is 11.5 Å². The molecule has 0 bridgehead atoms. The average molecular weight is 303 g/mol. The number of carbonyl (C=O) groups is 1. The van der Waals surface area contributed by atoms with E-state index in [2.05, 4.69) is 11.4 Å². The fraction of sp³-hybridized carbons (Fsp3) is 0.312. The second-order valence-corrected chi connectivity index (χ2v) is 5.89. The average Bonchev–Trinajstić information content (AvgIpc) is 3.00. The van der Waals surface area contributed by atoms with Gasteiger partial charge in [0.05, 0.1) is 19.8 Å². The fourth-order valence-corrected chi connectivity index (χ4v) is 3.54. The van der Waals surface area contributed by atoms with Crippen molar-refractivity contribution in [1.82, 2.24) is 4.90 Å². The smallest absolute Gasteiger partial charge is 0.258 e. The number of methoxy groups -OCH3 is 2. The van der Waals surface area contributed by atoms with Gasteiger partial charge in [0.2, 0.25) is 0 Å². The number of fused-ring (bicyclic) bond motifs is 1. The number of hydrogen-bond donors (Lipinski definition) is 0. The minimum Gasteiger partial charge on any atom is -0.493 e. The molecule has 0 N–H and O–H groups in total. The van der Waals surface area contributed by atoms with Crippen LogP contribution in [0.15, 0.2) is 29.6 Å². The molecule has 1 aliphatic heterocycles. The molecule has 1 aromatic carbocycles. The van der Waals surface area contributed by atoms with E-state index >= 15 is 0 Å². The zero-order chi connectivity index (χ0) is 14.8. The topological polar surface area (TPSA) is 38.8 Å². The zero-order valence-electron chi connectivity index (χ0n) is 12.1.